The number of nitrogens with one attached hydrogen (secondary N) is 1. The van der Waals surface area contributed by atoms with Gasteiger partial charge in [0.2, 0.25) is 11.8 Å². The molecule has 0 fully saturated rings. The fraction of sp³-hybridized carbons (Fsp3) is 0.379. The van der Waals surface area contributed by atoms with E-state index in [1.165, 1.54) is 0 Å². The Bertz CT molecular complexity index is 1390. The highest BCUT2D eigenvalue weighted by Crippen LogP contribution is 2.25. The number of carbonyl (C=O) groups is 2. The largest absolute Gasteiger partial charge is 0.352 e. The van der Waals surface area contributed by atoms with Gasteiger partial charge in [-0.25, -0.2) is 4.68 Å². The van der Waals surface area contributed by atoms with Crippen LogP contribution in [0.25, 0.3) is 11.0 Å². The number of aromatic nitrogens is 4. The first kappa shape index (κ1) is 26.1. The van der Waals surface area contributed by atoms with E-state index in [-0.39, 0.29) is 18.4 Å². The minimum absolute atomic E-state index is 0.0142. The molecule has 8 heteroatoms. The first-order valence-corrected chi connectivity index (χ1v) is 12.7. The van der Waals surface area contributed by atoms with Gasteiger partial charge in [-0.2, -0.15) is 0 Å². The molecule has 2 aromatic heterocycles. The third-order valence-corrected chi connectivity index (χ3v) is 6.92. The van der Waals surface area contributed by atoms with Crippen molar-refractivity contribution in [2.75, 3.05) is 6.54 Å². The maximum atomic E-state index is 14.0. The molecule has 0 spiro atoms. The van der Waals surface area contributed by atoms with Gasteiger partial charge in [0.25, 0.3) is 0 Å². The zero-order valence-electron chi connectivity index (χ0n) is 22.3. The molecular formula is C29H36N6O2. The number of carbonyl (C=O) groups excluding carboxylic acids is 2. The summed E-state index contributed by atoms with van der Waals surface area (Å²) in [4.78, 5) is 29.5. The van der Waals surface area contributed by atoms with Crippen LogP contribution in [0, 0.1) is 6.92 Å². The minimum atomic E-state index is -0.794. The molecule has 2 heterocycles. The lowest BCUT2D eigenvalue weighted by molar-refractivity contribution is -0.142. The van der Waals surface area contributed by atoms with Gasteiger partial charge >= 0.3 is 0 Å². The second-order valence-electron chi connectivity index (χ2n) is 10.2. The third kappa shape index (κ3) is 6.07. The fourth-order valence-corrected chi connectivity index (χ4v) is 4.45. The van der Waals surface area contributed by atoms with Crippen LogP contribution in [0.1, 0.15) is 50.1 Å². The molecule has 0 radical (unpaired) electrons. The molecule has 2 aromatic carbocycles. The molecule has 1 atom stereocenters. The number of amides is 2. The Hall–Kier alpha value is -3.94. The highest BCUT2D eigenvalue weighted by molar-refractivity contribution is 5.89. The summed E-state index contributed by atoms with van der Waals surface area (Å²) in [5.41, 5.74) is 4.12. The first-order valence-electron chi connectivity index (χ1n) is 12.7. The van der Waals surface area contributed by atoms with Crippen LogP contribution in [-0.4, -0.2) is 48.4 Å². The lowest BCUT2D eigenvalue weighted by Crippen LogP contribution is -2.51. The van der Waals surface area contributed by atoms with Crippen molar-refractivity contribution in [2.24, 2.45) is 7.05 Å². The van der Waals surface area contributed by atoms with Crippen molar-refractivity contribution in [1.29, 1.82) is 0 Å². The molecule has 0 bridgehead atoms. The van der Waals surface area contributed by atoms with E-state index >= 15 is 0 Å². The Morgan fingerprint density at radius 3 is 2.57 bits per heavy atom. The van der Waals surface area contributed by atoms with Crippen LogP contribution in [0.15, 0.2) is 66.9 Å². The molecule has 0 saturated heterocycles. The summed E-state index contributed by atoms with van der Waals surface area (Å²) in [6.07, 6.45) is 3.28. The van der Waals surface area contributed by atoms with E-state index in [4.69, 9.17) is 0 Å². The molecule has 0 aliphatic carbocycles. The van der Waals surface area contributed by atoms with Gasteiger partial charge in [-0.1, -0.05) is 54.1 Å². The second kappa shape index (κ2) is 11.0. The van der Waals surface area contributed by atoms with Crippen molar-refractivity contribution in [1.82, 2.24) is 29.8 Å². The van der Waals surface area contributed by atoms with Gasteiger partial charge in [0, 0.05) is 31.0 Å². The van der Waals surface area contributed by atoms with Gasteiger partial charge in [0.05, 0.1) is 5.52 Å². The van der Waals surface area contributed by atoms with Crippen LogP contribution in [0.5, 0.6) is 0 Å². The van der Waals surface area contributed by atoms with E-state index < -0.39 is 11.6 Å². The molecule has 1 N–H and O–H groups in total. The summed E-state index contributed by atoms with van der Waals surface area (Å²) < 4.78 is 3.51. The van der Waals surface area contributed by atoms with Gasteiger partial charge < -0.3 is 14.8 Å². The van der Waals surface area contributed by atoms with Crippen molar-refractivity contribution >= 4 is 22.8 Å². The number of hydrogen-bond donors (Lipinski definition) is 1. The van der Waals surface area contributed by atoms with Crippen LogP contribution in [-0.2, 0) is 29.6 Å². The summed E-state index contributed by atoms with van der Waals surface area (Å²) in [5, 5.41) is 11.6. The number of para-hydroxylation sites is 1. The van der Waals surface area contributed by atoms with Gasteiger partial charge in [-0.05, 0) is 63.4 Å². The molecular weight excluding hydrogens is 464 g/mol. The van der Waals surface area contributed by atoms with Crippen LogP contribution >= 0.6 is 0 Å². The zero-order chi connectivity index (χ0) is 26.6. The molecule has 0 aliphatic rings. The van der Waals surface area contributed by atoms with Crippen molar-refractivity contribution in [2.45, 2.75) is 58.7 Å². The molecule has 0 aliphatic heterocycles. The second-order valence-corrected chi connectivity index (χ2v) is 10.2. The topological polar surface area (TPSA) is 85.0 Å². The van der Waals surface area contributed by atoms with Crippen molar-refractivity contribution in [3.8, 4) is 0 Å². The summed E-state index contributed by atoms with van der Waals surface area (Å²) in [6.45, 7) is 8.44. The predicted molar refractivity (Wildman–Crippen MR) is 145 cm³/mol. The highest BCUT2D eigenvalue weighted by Gasteiger charge is 2.35. The van der Waals surface area contributed by atoms with E-state index in [9.17, 15) is 9.59 Å². The van der Waals surface area contributed by atoms with E-state index in [1.54, 1.807) is 9.58 Å². The maximum absolute atomic E-state index is 14.0. The minimum Gasteiger partial charge on any atom is -0.352 e. The van der Waals surface area contributed by atoms with E-state index in [0.717, 1.165) is 34.3 Å². The lowest BCUT2D eigenvalue weighted by Gasteiger charge is -2.34. The van der Waals surface area contributed by atoms with Gasteiger partial charge in [0.15, 0.2) is 6.04 Å². The van der Waals surface area contributed by atoms with Gasteiger partial charge in [-0.3, -0.25) is 9.59 Å². The number of rotatable bonds is 10. The van der Waals surface area contributed by atoms with E-state index in [2.05, 4.69) is 40.8 Å². The Morgan fingerprint density at radius 1 is 1.08 bits per heavy atom. The maximum Gasteiger partial charge on any atom is 0.249 e. The number of benzene rings is 2. The average Bonchev–Trinajstić information content (AvgIpc) is 3.47. The van der Waals surface area contributed by atoms with Crippen LogP contribution in [0.3, 0.4) is 0 Å². The quantitative estimate of drug-likeness (QED) is 0.354. The average molecular weight is 501 g/mol. The van der Waals surface area contributed by atoms with Crippen LogP contribution in [0.4, 0.5) is 0 Å². The summed E-state index contributed by atoms with van der Waals surface area (Å²) in [7, 11) is 1.90. The number of aryl methyl sites for hydroxylation is 2. The molecule has 0 saturated carbocycles. The molecule has 4 rings (SSSR count). The number of fused-ring (bicyclic) bond motifs is 1. The Kier molecular flexibility index (Phi) is 7.76. The summed E-state index contributed by atoms with van der Waals surface area (Å²) in [6, 6.07) is 18.8. The first-order chi connectivity index (χ1) is 17.7. The smallest absolute Gasteiger partial charge is 0.249 e. The molecule has 2 amide bonds. The third-order valence-electron chi connectivity index (χ3n) is 6.92. The molecule has 4 aromatic rings. The summed E-state index contributed by atoms with van der Waals surface area (Å²) >= 11 is 0. The van der Waals surface area contributed by atoms with E-state index in [1.807, 2.05) is 81.0 Å². The highest BCUT2D eigenvalue weighted by atomic mass is 16.2. The van der Waals surface area contributed by atoms with E-state index in [0.29, 0.717) is 13.0 Å². The predicted octanol–water partition coefficient (Wildman–Crippen LogP) is 4.20. The zero-order valence-corrected chi connectivity index (χ0v) is 22.3. The monoisotopic (exact) mass is 500 g/mol. The van der Waals surface area contributed by atoms with Crippen molar-refractivity contribution < 1.29 is 9.59 Å². The van der Waals surface area contributed by atoms with Crippen LogP contribution in [0.2, 0.25) is 0 Å². The van der Waals surface area contributed by atoms with Gasteiger partial charge in [-0.15, -0.1) is 5.10 Å². The lowest BCUT2D eigenvalue weighted by atomic mass is 10.00. The van der Waals surface area contributed by atoms with Crippen molar-refractivity contribution in [3.63, 3.8) is 0 Å². The Morgan fingerprint density at radius 2 is 1.86 bits per heavy atom. The Balaban J connectivity index is 1.71. The number of nitrogens with zero attached hydrogens (tertiary/aromatic N) is 5. The molecule has 194 valence electrons. The van der Waals surface area contributed by atoms with Gasteiger partial charge in [0.1, 0.15) is 12.1 Å². The molecule has 37 heavy (non-hydrogen) atoms. The van der Waals surface area contributed by atoms with Crippen molar-refractivity contribution in [3.05, 3.63) is 83.7 Å². The van der Waals surface area contributed by atoms with Crippen LogP contribution < -0.4 is 5.32 Å². The normalized spacial score (nSPS) is 12.5. The summed E-state index contributed by atoms with van der Waals surface area (Å²) in [5.74, 6) is -0.395. The number of hydrogen-bond acceptors (Lipinski definition) is 4. The standard InChI is InChI=1S/C29H36N6O2/c1-6-29(3,4)30-28(37)27(25-15-10-17-33(25)5)34(18-16-22-12-9-11-21(2)19-22)26(36)20-35-24-14-8-7-13-23(24)31-32-35/h7-15,17,19,27H,6,16,18,20H2,1-5H3,(H,30,37)/t27-/m1/s1. The fourth-order valence-electron chi connectivity index (χ4n) is 4.45. The molecule has 8 nitrogen and oxygen atoms in total. The Labute approximate surface area is 218 Å². The molecule has 0 unspecified atom stereocenters. The SMILES string of the molecule is CCC(C)(C)NC(=O)[C@@H](c1cccn1C)N(CCc1cccc(C)c1)C(=O)Cn1nnc2ccccc21.